The summed E-state index contributed by atoms with van der Waals surface area (Å²) < 4.78 is 32.0. The first kappa shape index (κ1) is 14.8. The maximum atomic E-state index is 12.0. The lowest BCUT2D eigenvalue weighted by atomic mass is 10.2. The van der Waals surface area contributed by atoms with E-state index in [1.54, 1.807) is 13.0 Å². The standard InChI is InChI=1S/C13H17NO5S/c1-9-8-11(20(17,18)14-10-2-3-10)4-5-12(9)19-7-6-13(15)16/h4-5,8,10,14H,2-3,6-7H2,1H3,(H,15,16). The van der Waals surface area contributed by atoms with Gasteiger partial charge in [0.25, 0.3) is 0 Å². The number of aliphatic carboxylic acids is 1. The molecule has 20 heavy (non-hydrogen) atoms. The van der Waals surface area contributed by atoms with Crippen LogP contribution in [0.15, 0.2) is 23.1 Å². The largest absolute Gasteiger partial charge is 0.493 e. The summed E-state index contributed by atoms with van der Waals surface area (Å²) in [6, 6.07) is 4.61. The summed E-state index contributed by atoms with van der Waals surface area (Å²) in [4.78, 5) is 10.6. The molecule has 0 atom stereocenters. The fraction of sp³-hybridized carbons (Fsp3) is 0.462. The van der Waals surface area contributed by atoms with Crippen LogP contribution in [0.4, 0.5) is 0 Å². The minimum absolute atomic E-state index is 0.0581. The van der Waals surface area contributed by atoms with Gasteiger partial charge < -0.3 is 9.84 Å². The Morgan fingerprint density at radius 2 is 2.15 bits per heavy atom. The smallest absolute Gasteiger partial charge is 0.306 e. The molecule has 1 saturated carbocycles. The average molecular weight is 299 g/mol. The van der Waals surface area contributed by atoms with E-state index >= 15 is 0 Å². The van der Waals surface area contributed by atoms with Crippen molar-refractivity contribution in [3.05, 3.63) is 23.8 Å². The number of benzene rings is 1. The van der Waals surface area contributed by atoms with Gasteiger partial charge in [-0.1, -0.05) is 0 Å². The van der Waals surface area contributed by atoms with E-state index in [9.17, 15) is 13.2 Å². The number of ether oxygens (including phenoxy) is 1. The Morgan fingerprint density at radius 3 is 2.70 bits per heavy atom. The quantitative estimate of drug-likeness (QED) is 0.791. The predicted octanol–water partition coefficient (Wildman–Crippen LogP) is 1.29. The first-order valence-corrected chi connectivity index (χ1v) is 7.84. The Kier molecular flexibility index (Phi) is 4.29. The highest BCUT2D eigenvalue weighted by Gasteiger charge is 2.28. The second-order valence-electron chi connectivity index (χ2n) is 4.82. The van der Waals surface area contributed by atoms with Crippen LogP contribution in [0.3, 0.4) is 0 Å². The lowest BCUT2D eigenvalue weighted by Gasteiger charge is -2.11. The molecule has 1 aromatic carbocycles. The van der Waals surface area contributed by atoms with Crippen molar-refractivity contribution in [1.29, 1.82) is 0 Å². The van der Waals surface area contributed by atoms with Crippen LogP contribution in [-0.4, -0.2) is 32.1 Å². The number of sulfonamides is 1. The molecule has 0 radical (unpaired) electrons. The van der Waals surface area contributed by atoms with E-state index in [1.807, 2.05) is 0 Å². The highest BCUT2D eigenvalue weighted by atomic mass is 32.2. The zero-order chi connectivity index (χ0) is 14.8. The fourth-order valence-corrected chi connectivity index (χ4v) is 3.08. The van der Waals surface area contributed by atoms with Crippen molar-refractivity contribution < 1.29 is 23.1 Å². The van der Waals surface area contributed by atoms with Crippen LogP contribution in [0, 0.1) is 6.92 Å². The molecule has 1 aliphatic rings. The third-order valence-electron chi connectivity index (χ3n) is 2.93. The second-order valence-corrected chi connectivity index (χ2v) is 6.53. The Balaban J connectivity index is 2.06. The van der Waals surface area contributed by atoms with Crippen molar-refractivity contribution in [2.75, 3.05) is 6.61 Å². The number of carboxylic acids is 1. The monoisotopic (exact) mass is 299 g/mol. The molecule has 0 spiro atoms. The van der Waals surface area contributed by atoms with Crippen LogP contribution in [-0.2, 0) is 14.8 Å². The van der Waals surface area contributed by atoms with Crippen LogP contribution in [0.1, 0.15) is 24.8 Å². The van der Waals surface area contributed by atoms with Gasteiger partial charge in [-0.2, -0.15) is 0 Å². The molecule has 2 rings (SSSR count). The predicted molar refractivity (Wildman–Crippen MR) is 72.3 cm³/mol. The Hall–Kier alpha value is -1.60. The summed E-state index contributed by atoms with van der Waals surface area (Å²) in [5.74, 6) is -0.438. The molecule has 0 bridgehead atoms. The Bertz CT molecular complexity index is 607. The Morgan fingerprint density at radius 1 is 1.45 bits per heavy atom. The summed E-state index contributed by atoms with van der Waals surface area (Å²) in [5.41, 5.74) is 0.661. The van der Waals surface area contributed by atoms with Gasteiger partial charge in [0.2, 0.25) is 10.0 Å². The van der Waals surface area contributed by atoms with Gasteiger partial charge in [-0.05, 0) is 43.5 Å². The minimum Gasteiger partial charge on any atom is -0.493 e. The van der Waals surface area contributed by atoms with E-state index in [0.29, 0.717) is 11.3 Å². The van der Waals surface area contributed by atoms with Crippen LogP contribution in [0.5, 0.6) is 5.75 Å². The number of nitrogens with one attached hydrogen (secondary N) is 1. The Labute approximate surface area is 117 Å². The second kappa shape index (κ2) is 5.80. The number of carboxylic acid groups (broad SMARTS) is 1. The summed E-state index contributed by atoms with van der Waals surface area (Å²) in [6.45, 7) is 1.79. The van der Waals surface area contributed by atoms with E-state index in [0.717, 1.165) is 12.8 Å². The molecule has 2 N–H and O–H groups in total. The summed E-state index contributed by atoms with van der Waals surface area (Å²) in [7, 11) is -3.47. The van der Waals surface area contributed by atoms with Crippen LogP contribution >= 0.6 is 0 Å². The van der Waals surface area contributed by atoms with E-state index in [1.165, 1.54) is 12.1 Å². The number of hydrogen-bond donors (Lipinski definition) is 2. The zero-order valence-electron chi connectivity index (χ0n) is 11.1. The lowest BCUT2D eigenvalue weighted by Crippen LogP contribution is -2.25. The molecule has 6 nitrogen and oxygen atoms in total. The third-order valence-corrected chi connectivity index (χ3v) is 4.45. The number of aryl methyl sites for hydroxylation is 1. The molecule has 7 heteroatoms. The van der Waals surface area contributed by atoms with Gasteiger partial charge in [-0.3, -0.25) is 4.79 Å². The zero-order valence-corrected chi connectivity index (χ0v) is 11.9. The van der Waals surface area contributed by atoms with Crippen molar-refractivity contribution in [3.63, 3.8) is 0 Å². The van der Waals surface area contributed by atoms with Crippen molar-refractivity contribution in [2.24, 2.45) is 0 Å². The number of hydrogen-bond acceptors (Lipinski definition) is 4. The normalized spacial score (nSPS) is 15.1. The molecule has 1 aromatic rings. The molecule has 0 heterocycles. The van der Waals surface area contributed by atoms with Crippen LogP contribution in [0.25, 0.3) is 0 Å². The van der Waals surface area contributed by atoms with E-state index in [4.69, 9.17) is 9.84 Å². The van der Waals surface area contributed by atoms with Crippen LogP contribution in [0.2, 0.25) is 0 Å². The maximum Gasteiger partial charge on any atom is 0.306 e. The van der Waals surface area contributed by atoms with Crippen molar-refractivity contribution >= 4 is 16.0 Å². The van der Waals surface area contributed by atoms with Gasteiger partial charge in [0, 0.05) is 6.04 Å². The molecule has 1 aliphatic carbocycles. The average Bonchev–Trinajstić information content (AvgIpc) is 3.14. The molecule has 0 saturated heterocycles. The summed E-state index contributed by atoms with van der Waals surface area (Å²) in [5, 5.41) is 8.53. The van der Waals surface area contributed by atoms with Gasteiger partial charge >= 0.3 is 5.97 Å². The SMILES string of the molecule is Cc1cc(S(=O)(=O)NC2CC2)ccc1OCCC(=O)O. The van der Waals surface area contributed by atoms with Crippen molar-refractivity contribution in [1.82, 2.24) is 4.72 Å². The maximum absolute atomic E-state index is 12.0. The number of carbonyl (C=O) groups is 1. The molecular formula is C13H17NO5S. The highest BCUT2D eigenvalue weighted by molar-refractivity contribution is 7.89. The minimum atomic E-state index is -3.47. The molecule has 0 aliphatic heterocycles. The van der Waals surface area contributed by atoms with Gasteiger partial charge in [0.05, 0.1) is 17.9 Å². The molecule has 0 aromatic heterocycles. The molecule has 110 valence electrons. The van der Waals surface area contributed by atoms with Crippen molar-refractivity contribution in [3.8, 4) is 5.75 Å². The van der Waals surface area contributed by atoms with Gasteiger partial charge in [-0.15, -0.1) is 0 Å². The fourth-order valence-electron chi connectivity index (χ4n) is 1.69. The van der Waals surface area contributed by atoms with Crippen molar-refractivity contribution in [2.45, 2.75) is 37.1 Å². The highest BCUT2D eigenvalue weighted by Crippen LogP contribution is 2.25. The lowest BCUT2D eigenvalue weighted by molar-refractivity contribution is -0.137. The summed E-state index contributed by atoms with van der Waals surface area (Å²) in [6.07, 6.45) is 1.67. The topological polar surface area (TPSA) is 92.7 Å². The first-order valence-electron chi connectivity index (χ1n) is 6.36. The van der Waals surface area contributed by atoms with E-state index in [-0.39, 0.29) is 24.0 Å². The molecule has 0 unspecified atom stereocenters. The molecule has 0 amide bonds. The number of rotatable bonds is 7. The van der Waals surface area contributed by atoms with Gasteiger partial charge in [-0.25, -0.2) is 13.1 Å². The van der Waals surface area contributed by atoms with E-state index in [2.05, 4.69) is 4.72 Å². The van der Waals surface area contributed by atoms with E-state index < -0.39 is 16.0 Å². The molecule has 1 fully saturated rings. The van der Waals surface area contributed by atoms with Crippen LogP contribution < -0.4 is 9.46 Å². The van der Waals surface area contributed by atoms with Gasteiger partial charge in [0.15, 0.2) is 0 Å². The third kappa shape index (κ3) is 3.94. The first-order chi connectivity index (χ1) is 9.38. The summed E-state index contributed by atoms with van der Waals surface area (Å²) >= 11 is 0. The van der Waals surface area contributed by atoms with Gasteiger partial charge in [0.1, 0.15) is 5.75 Å². The molecular weight excluding hydrogens is 282 g/mol.